The van der Waals surface area contributed by atoms with Gasteiger partial charge >= 0.3 is 5.97 Å². The van der Waals surface area contributed by atoms with Gasteiger partial charge in [0.15, 0.2) is 5.65 Å². The summed E-state index contributed by atoms with van der Waals surface area (Å²) in [6, 6.07) is 13.5. The number of nitrogens with zero attached hydrogens (tertiary/aromatic N) is 2. The van der Waals surface area contributed by atoms with Crippen LogP contribution in [0.4, 0.5) is 0 Å². The molecule has 130 valence electrons. The minimum Gasteiger partial charge on any atom is -0.459 e. The van der Waals surface area contributed by atoms with Crippen molar-refractivity contribution in [2.24, 2.45) is 0 Å². The molecule has 0 saturated carbocycles. The van der Waals surface area contributed by atoms with E-state index in [0.717, 1.165) is 21.6 Å². The zero-order valence-corrected chi connectivity index (χ0v) is 14.7. The van der Waals surface area contributed by atoms with Gasteiger partial charge in [-0.1, -0.05) is 30.3 Å². The van der Waals surface area contributed by atoms with Crippen LogP contribution in [0.25, 0.3) is 27.2 Å². The second-order valence-electron chi connectivity index (χ2n) is 5.78. The van der Waals surface area contributed by atoms with Crippen LogP contribution in [0.5, 0.6) is 0 Å². The fraction of sp³-hybridized carbons (Fsp3) is 0.105. The van der Waals surface area contributed by atoms with Crippen molar-refractivity contribution in [3.63, 3.8) is 0 Å². The summed E-state index contributed by atoms with van der Waals surface area (Å²) in [7, 11) is 0. The highest BCUT2D eigenvalue weighted by Crippen LogP contribution is 2.33. The Morgan fingerprint density at radius 3 is 2.81 bits per heavy atom. The Balaban J connectivity index is 1.76. The van der Waals surface area contributed by atoms with Gasteiger partial charge in [-0.2, -0.15) is 0 Å². The van der Waals surface area contributed by atoms with Crippen LogP contribution in [0, 0.1) is 0 Å². The molecule has 0 atom stereocenters. The fourth-order valence-electron chi connectivity index (χ4n) is 2.72. The molecule has 0 amide bonds. The van der Waals surface area contributed by atoms with Crippen molar-refractivity contribution in [1.82, 2.24) is 14.6 Å². The predicted molar refractivity (Wildman–Crippen MR) is 100 cm³/mol. The third kappa shape index (κ3) is 3.04. The number of benzene rings is 1. The van der Waals surface area contributed by atoms with Crippen LogP contribution in [0.2, 0.25) is 0 Å². The standard InChI is InChI=1S/C19H15N3O3S/c1-12(23)25-10-15-8-18(24)22-19(21-15)16(9-20-22)17-7-14(11-26-17)13-5-3-2-4-6-13/h2-9,11,20H,10H2,1H3. The SMILES string of the molecule is CC(=O)OCc1cc(=O)n2[nH]cc(-c3cc(-c4ccccc4)cs3)c2n1. The van der Waals surface area contributed by atoms with E-state index in [0.29, 0.717) is 11.3 Å². The summed E-state index contributed by atoms with van der Waals surface area (Å²) in [5.41, 5.74) is 3.77. The number of carbonyl (C=O) groups is 1. The van der Waals surface area contributed by atoms with Crippen LogP contribution in [-0.4, -0.2) is 20.6 Å². The zero-order chi connectivity index (χ0) is 18.1. The summed E-state index contributed by atoms with van der Waals surface area (Å²) < 4.78 is 6.34. The molecule has 4 aromatic rings. The first-order chi connectivity index (χ1) is 12.6. The molecule has 6 nitrogen and oxygen atoms in total. The summed E-state index contributed by atoms with van der Waals surface area (Å²) in [5.74, 6) is -0.410. The van der Waals surface area contributed by atoms with Crippen LogP contribution in [0.1, 0.15) is 12.6 Å². The molecule has 0 aliphatic rings. The Morgan fingerprint density at radius 1 is 1.23 bits per heavy atom. The van der Waals surface area contributed by atoms with Crippen molar-refractivity contribution in [3.05, 3.63) is 70.1 Å². The Labute approximate surface area is 152 Å². The molecule has 0 spiro atoms. The number of ether oxygens (including phenoxy) is 1. The lowest BCUT2D eigenvalue weighted by molar-refractivity contribution is -0.142. The molecule has 0 aliphatic heterocycles. The van der Waals surface area contributed by atoms with E-state index in [-0.39, 0.29) is 12.2 Å². The van der Waals surface area contributed by atoms with E-state index in [1.165, 1.54) is 17.5 Å². The molecular weight excluding hydrogens is 350 g/mol. The van der Waals surface area contributed by atoms with Gasteiger partial charge in [0.05, 0.1) is 11.3 Å². The van der Waals surface area contributed by atoms with Crippen molar-refractivity contribution in [1.29, 1.82) is 0 Å². The summed E-state index contributed by atoms with van der Waals surface area (Å²) >= 11 is 1.59. The van der Waals surface area contributed by atoms with E-state index in [4.69, 9.17) is 4.74 Å². The van der Waals surface area contributed by atoms with Crippen molar-refractivity contribution in [2.75, 3.05) is 0 Å². The monoisotopic (exact) mass is 365 g/mol. The quantitative estimate of drug-likeness (QED) is 0.562. The number of hydrogen-bond acceptors (Lipinski definition) is 5. The minimum absolute atomic E-state index is 0.0224. The van der Waals surface area contributed by atoms with Gasteiger partial charge in [0, 0.05) is 24.1 Å². The minimum atomic E-state index is -0.410. The van der Waals surface area contributed by atoms with Crippen molar-refractivity contribution < 1.29 is 9.53 Å². The van der Waals surface area contributed by atoms with E-state index >= 15 is 0 Å². The van der Waals surface area contributed by atoms with Gasteiger partial charge in [-0.3, -0.25) is 14.7 Å². The van der Waals surface area contributed by atoms with Crippen molar-refractivity contribution in [2.45, 2.75) is 13.5 Å². The highest BCUT2D eigenvalue weighted by molar-refractivity contribution is 7.14. The highest BCUT2D eigenvalue weighted by Gasteiger charge is 2.13. The fourth-order valence-corrected chi connectivity index (χ4v) is 3.65. The normalized spacial score (nSPS) is 11.0. The number of nitrogens with one attached hydrogen (secondary N) is 1. The van der Waals surface area contributed by atoms with Crippen LogP contribution >= 0.6 is 11.3 Å². The highest BCUT2D eigenvalue weighted by atomic mass is 32.1. The molecule has 1 N–H and O–H groups in total. The summed E-state index contributed by atoms with van der Waals surface area (Å²) in [6.07, 6.45) is 1.76. The van der Waals surface area contributed by atoms with E-state index in [1.807, 2.05) is 18.2 Å². The maximum atomic E-state index is 12.3. The second-order valence-corrected chi connectivity index (χ2v) is 6.69. The number of aromatic nitrogens is 3. The topological polar surface area (TPSA) is 76.5 Å². The number of fused-ring (bicyclic) bond motifs is 1. The maximum absolute atomic E-state index is 12.3. The summed E-state index contributed by atoms with van der Waals surface area (Å²) in [6.45, 7) is 1.30. The molecule has 7 heteroatoms. The number of carbonyl (C=O) groups excluding carboxylic acids is 1. The number of H-pyrrole nitrogens is 1. The third-order valence-electron chi connectivity index (χ3n) is 3.95. The second kappa shape index (κ2) is 6.61. The first kappa shape index (κ1) is 16.3. The molecule has 26 heavy (non-hydrogen) atoms. The van der Waals surface area contributed by atoms with Crippen LogP contribution in [-0.2, 0) is 16.1 Å². The molecular formula is C19H15N3O3S. The largest absolute Gasteiger partial charge is 0.459 e. The molecule has 0 fully saturated rings. The molecule has 4 rings (SSSR count). The Bertz CT molecular complexity index is 1140. The summed E-state index contributed by atoms with van der Waals surface area (Å²) in [5, 5.41) is 5.01. The molecule has 0 radical (unpaired) electrons. The van der Waals surface area contributed by atoms with E-state index in [2.05, 4.69) is 33.7 Å². The zero-order valence-electron chi connectivity index (χ0n) is 13.9. The van der Waals surface area contributed by atoms with Crippen molar-refractivity contribution >= 4 is 23.0 Å². The Kier molecular flexibility index (Phi) is 4.14. The van der Waals surface area contributed by atoms with Gasteiger partial charge in [-0.15, -0.1) is 11.3 Å². The smallest absolute Gasteiger partial charge is 0.303 e. The molecule has 3 aromatic heterocycles. The van der Waals surface area contributed by atoms with Gasteiger partial charge in [0.1, 0.15) is 6.61 Å². The van der Waals surface area contributed by atoms with Crippen molar-refractivity contribution in [3.8, 4) is 21.6 Å². The van der Waals surface area contributed by atoms with E-state index in [1.54, 1.807) is 17.5 Å². The average molecular weight is 365 g/mol. The number of aromatic amines is 1. The number of hydrogen-bond donors (Lipinski definition) is 1. The van der Waals surface area contributed by atoms with E-state index < -0.39 is 5.97 Å². The molecule has 0 bridgehead atoms. The van der Waals surface area contributed by atoms with Crippen LogP contribution in [0.15, 0.2) is 58.8 Å². The van der Waals surface area contributed by atoms with E-state index in [9.17, 15) is 9.59 Å². The van der Waals surface area contributed by atoms with Gasteiger partial charge < -0.3 is 4.74 Å². The predicted octanol–water partition coefficient (Wildman–Crippen LogP) is 3.48. The van der Waals surface area contributed by atoms with Crippen LogP contribution < -0.4 is 5.56 Å². The molecule has 0 aliphatic carbocycles. The maximum Gasteiger partial charge on any atom is 0.303 e. The first-order valence-electron chi connectivity index (χ1n) is 7.99. The van der Waals surface area contributed by atoms with Gasteiger partial charge in [0.2, 0.25) is 0 Å². The van der Waals surface area contributed by atoms with Gasteiger partial charge in [-0.05, 0) is 22.6 Å². The average Bonchev–Trinajstić information content (AvgIpc) is 3.27. The molecule has 1 aromatic carbocycles. The lowest BCUT2D eigenvalue weighted by atomic mass is 10.1. The van der Waals surface area contributed by atoms with Gasteiger partial charge in [-0.25, -0.2) is 9.50 Å². The summed E-state index contributed by atoms with van der Waals surface area (Å²) in [4.78, 5) is 28.8. The lowest BCUT2D eigenvalue weighted by Gasteiger charge is -2.02. The molecule has 0 saturated heterocycles. The number of thiophene rings is 1. The number of rotatable bonds is 4. The molecule has 3 heterocycles. The molecule has 0 unspecified atom stereocenters. The Hall–Kier alpha value is -3.19. The lowest BCUT2D eigenvalue weighted by Crippen LogP contribution is -2.16. The third-order valence-corrected chi connectivity index (χ3v) is 4.91. The number of esters is 1. The van der Waals surface area contributed by atoms with Gasteiger partial charge in [0.25, 0.3) is 5.56 Å². The van der Waals surface area contributed by atoms with Crippen LogP contribution in [0.3, 0.4) is 0 Å². The first-order valence-corrected chi connectivity index (χ1v) is 8.87. The Morgan fingerprint density at radius 2 is 2.04 bits per heavy atom.